The average molecular weight is 433 g/mol. The van der Waals surface area contributed by atoms with Gasteiger partial charge in [0.05, 0.1) is 11.3 Å². The van der Waals surface area contributed by atoms with Gasteiger partial charge in [-0.05, 0) is 61.2 Å². The highest BCUT2D eigenvalue weighted by Gasteiger charge is 2.25. The number of carbonyl (C=O) groups excluding carboxylic acids is 1. The maximum atomic E-state index is 13.3. The number of carbonyl (C=O) groups is 1. The summed E-state index contributed by atoms with van der Waals surface area (Å²) in [5.41, 5.74) is 4.63. The van der Waals surface area contributed by atoms with Crippen molar-refractivity contribution in [1.82, 2.24) is 19.8 Å². The quantitative estimate of drug-likeness (QED) is 0.588. The Balaban J connectivity index is 1.46. The van der Waals surface area contributed by atoms with E-state index >= 15 is 0 Å². The van der Waals surface area contributed by atoms with Gasteiger partial charge >= 0.3 is 0 Å². The van der Waals surface area contributed by atoms with Crippen LogP contribution in [0.25, 0.3) is 11.1 Å². The maximum absolute atomic E-state index is 13.3. The molecule has 0 N–H and O–H groups in total. The van der Waals surface area contributed by atoms with Gasteiger partial charge in [-0.25, -0.2) is 14.4 Å². The number of likely N-dealkylation sites (tertiary alicyclic amines) is 1. The van der Waals surface area contributed by atoms with Gasteiger partial charge in [0.2, 0.25) is 0 Å². The first-order valence-corrected chi connectivity index (χ1v) is 11.0. The van der Waals surface area contributed by atoms with Crippen molar-refractivity contribution in [3.8, 4) is 11.1 Å². The Labute approximate surface area is 188 Å². The fraction of sp³-hybridized carbons (Fsp3) is 0.346. The van der Waals surface area contributed by atoms with Crippen molar-refractivity contribution in [3.63, 3.8) is 0 Å². The van der Waals surface area contributed by atoms with Crippen LogP contribution in [0.2, 0.25) is 0 Å². The van der Waals surface area contributed by atoms with E-state index in [0.717, 1.165) is 55.1 Å². The summed E-state index contributed by atoms with van der Waals surface area (Å²) in [6.07, 6.45) is 3.81. The van der Waals surface area contributed by atoms with Crippen molar-refractivity contribution in [2.45, 2.75) is 32.2 Å². The summed E-state index contributed by atoms with van der Waals surface area (Å²) < 4.78 is 13.3. The second-order valence-electron chi connectivity index (χ2n) is 8.71. The summed E-state index contributed by atoms with van der Waals surface area (Å²) in [5, 5.41) is 0. The molecule has 0 saturated carbocycles. The molecule has 1 atom stereocenters. The van der Waals surface area contributed by atoms with Crippen molar-refractivity contribution in [3.05, 3.63) is 83.2 Å². The van der Waals surface area contributed by atoms with Gasteiger partial charge < -0.3 is 4.90 Å². The number of aromatic nitrogens is 2. The minimum atomic E-state index is -0.221. The highest BCUT2D eigenvalue weighted by molar-refractivity contribution is 5.94. The lowest BCUT2D eigenvalue weighted by Crippen LogP contribution is -2.34. The lowest BCUT2D eigenvalue weighted by molar-refractivity contribution is 0.0825. The number of halogens is 1. The Hall–Kier alpha value is -3.12. The first-order chi connectivity index (χ1) is 15.4. The van der Waals surface area contributed by atoms with E-state index in [1.54, 1.807) is 25.2 Å². The number of hydrogen-bond donors (Lipinski definition) is 0. The second-order valence-corrected chi connectivity index (χ2v) is 8.71. The molecule has 2 aromatic carbocycles. The largest absolute Gasteiger partial charge is 0.345 e. The number of nitrogens with zero attached hydrogens (tertiary/aromatic N) is 4. The Kier molecular flexibility index (Phi) is 6.61. The molecular weight excluding hydrogens is 403 g/mol. The van der Waals surface area contributed by atoms with Crippen molar-refractivity contribution < 1.29 is 9.18 Å². The molecule has 1 saturated heterocycles. The summed E-state index contributed by atoms with van der Waals surface area (Å²) in [6, 6.07) is 15.1. The zero-order valence-electron chi connectivity index (χ0n) is 18.9. The van der Waals surface area contributed by atoms with Crippen molar-refractivity contribution in [2.75, 3.05) is 27.2 Å². The van der Waals surface area contributed by atoms with Gasteiger partial charge in [0.25, 0.3) is 5.91 Å². The van der Waals surface area contributed by atoms with Gasteiger partial charge in [0.1, 0.15) is 11.6 Å². The average Bonchev–Trinajstić information content (AvgIpc) is 2.79. The molecular formula is C26H29FN4O. The van der Waals surface area contributed by atoms with E-state index in [9.17, 15) is 9.18 Å². The third-order valence-corrected chi connectivity index (χ3v) is 6.02. The molecule has 5 nitrogen and oxygen atoms in total. The Morgan fingerprint density at radius 1 is 1.16 bits per heavy atom. The number of rotatable bonds is 5. The maximum Gasteiger partial charge on any atom is 0.256 e. The van der Waals surface area contributed by atoms with Gasteiger partial charge in [-0.1, -0.05) is 30.3 Å². The number of aryl methyl sites for hydroxylation is 1. The van der Waals surface area contributed by atoms with Crippen LogP contribution >= 0.6 is 0 Å². The molecule has 1 fully saturated rings. The molecule has 0 aliphatic carbocycles. The predicted molar refractivity (Wildman–Crippen MR) is 124 cm³/mol. The van der Waals surface area contributed by atoms with Crippen LogP contribution in [0, 0.1) is 12.7 Å². The molecule has 32 heavy (non-hydrogen) atoms. The standard InChI is InChI=1S/C26H29FN4O/c1-18-24(26(32)30(2)3)15-28-25(29-18)22-8-5-13-31(17-22)16-19-6-4-7-21(14-19)20-9-11-23(27)12-10-20/h4,6-7,9-12,14-15,22H,5,8,13,16-17H2,1-3H3. The fourth-order valence-electron chi connectivity index (χ4n) is 4.29. The van der Waals surface area contributed by atoms with Crippen molar-refractivity contribution in [2.24, 2.45) is 0 Å². The second kappa shape index (κ2) is 9.57. The Bertz CT molecular complexity index is 1100. The van der Waals surface area contributed by atoms with Gasteiger partial charge in [-0.15, -0.1) is 0 Å². The number of amides is 1. The van der Waals surface area contributed by atoms with Crippen LogP contribution in [0.15, 0.2) is 54.7 Å². The molecule has 0 radical (unpaired) electrons. The summed E-state index contributed by atoms with van der Waals surface area (Å²) in [7, 11) is 3.47. The molecule has 1 aliphatic heterocycles. The first kappa shape index (κ1) is 22.1. The highest BCUT2D eigenvalue weighted by Crippen LogP contribution is 2.27. The van der Waals surface area contributed by atoms with Crippen LogP contribution in [-0.2, 0) is 6.54 Å². The molecule has 0 bridgehead atoms. The van der Waals surface area contributed by atoms with Gasteiger partial charge in [0, 0.05) is 39.3 Å². The Morgan fingerprint density at radius 2 is 1.94 bits per heavy atom. The smallest absolute Gasteiger partial charge is 0.256 e. The lowest BCUT2D eigenvalue weighted by atomic mass is 9.96. The zero-order valence-corrected chi connectivity index (χ0v) is 18.9. The van der Waals surface area contributed by atoms with Crippen LogP contribution < -0.4 is 0 Å². The van der Waals surface area contributed by atoms with Gasteiger partial charge in [0.15, 0.2) is 0 Å². The highest BCUT2D eigenvalue weighted by atomic mass is 19.1. The molecule has 1 amide bonds. The molecule has 6 heteroatoms. The zero-order chi connectivity index (χ0) is 22.7. The predicted octanol–water partition coefficient (Wildman–Crippen LogP) is 4.67. The van der Waals surface area contributed by atoms with Gasteiger partial charge in [-0.2, -0.15) is 0 Å². The summed E-state index contributed by atoms with van der Waals surface area (Å²) in [5.74, 6) is 0.787. The third-order valence-electron chi connectivity index (χ3n) is 6.02. The van der Waals surface area contributed by atoms with Crippen LogP contribution in [0.3, 0.4) is 0 Å². The van der Waals surface area contributed by atoms with E-state index in [-0.39, 0.29) is 17.6 Å². The van der Waals surface area contributed by atoms with Crippen molar-refractivity contribution >= 4 is 5.91 Å². The summed E-state index contributed by atoms with van der Waals surface area (Å²) in [4.78, 5) is 25.5. The molecule has 1 aromatic heterocycles. The van der Waals surface area contributed by atoms with E-state index < -0.39 is 0 Å². The summed E-state index contributed by atoms with van der Waals surface area (Å²) in [6.45, 7) is 4.65. The monoisotopic (exact) mass is 432 g/mol. The number of benzene rings is 2. The molecule has 0 spiro atoms. The topological polar surface area (TPSA) is 49.3 Å². The van der Waals surface area contributed by atoms with Crippen LogP contribution in [-0.4, -0.2) is 52.9 Å². The minimum Gasteiger partial charge on any atom is -0.345 e. The van der Waals surface area contributed by atoms with E-state index in [0.29, 0.717) is 5.56 Å². The third kappa shape index (κ3) is 5.02. The first-order valence-electron chi connectivity index (χ1n) is 11.0. The van der Waals surface area contributed by atoms with Crippen LogP contribution in [0.1, 0.15) is 46.2 Å². The van der Waals surface area contributed by atoms with E-state index in [1.165, 1.54) is 17.7 Å². The van der Waals surface area contributed by atoms with E-state index in [4.69, 9.17) is 0 Å². The molecule has 1 aliphatic rings. The van der Waals surface area contributed by atoms with E-state index in [2.05, 4.69) is 39.1 Å². The normalized spacial score (nSPS) is 16.7. The number of hydrogen-bond acceptors (Lipinski definition) is 4. The van der Waals surface area contributed by atoms with E-state index in [1.807, 2.05) is 19.1 Å². The Morgan fingerprint density at radius 3 is 2.66 bits per heavy atom. The minimum absolute atomic E-state index is 0.0691. The number of piperidine rings is 1. The summed E-state index contributed by atoms with van der Waals surface area (Å²) >= 11 is 0. The van der Waals surface area contributed by atoms with Gasteiger partial charge in [-0.3, -0.25) is 9.69 Å². The lowest BCUT2D eigenvalue weighted by Gasteiger charge is -2.32. The molecule has 1 unspecified atom stereocenters. The molecule has 3 aromatic rings. The fourth-order valence-corrected chi connectivity index (χ4v) is 4.29. The molecule has 2 heterocycles. The SMILES string of the molecule is Cc1nc(C2CCCN(Cc3cccc(-c4ccc(F)cc4)c3)C2)ncc1C(=O)N(C)C. The molecule has 166 valence electrons. The van der Waals surface area contributed by atoms with Crippen molar-refractivity contribution in [1.29, 1.82) is 0 Å². The van der Waals surface area contributed by atoms with Crippen LogP contribution in [0.4, 0.5) is 4.39 Å². The van der Waals surface area contributed by atoms with Crippen LogP contribution in [0.5, 0.6) is 0 Å². The molecule has 4 rings (SSSR count).